The quantitative estimate of drug-likeness (QED) is 0.793. The van der Waals surface area contributed by atoms with Gasteiger partial charge in [-0.3, -0.25) is 9.59 Å². The Hall–Kier alpha value is -2.82. The average Bonchev–Trinajstić information content (AvgIpc) is 2.69. The predicted octanol–water partition coefficient (Wildman–Crippen LogP) is 4.40. The van der Waals surface area contributed by atoms with E-state index in [1.807, 2.05) is 55.5 Å². The minimum Gasteiger partial charge on any atom is -0.487 e. The standard InChI is InChI=1S/C22H25NO4/c1-15-7-12-19(20(13-15)27-14-16-5-3-2-4-6-16)23-21(24)17-8-10-18(11-9-17)22(25)26/h2-7,12-13,17-18H,8-11,14H2,1H3,(H,23,24)(H,25,26). The number of carbonyl (C=O) groups excluding carboxylic acids is 1. The van der Waals surface area contributed by atoms with E-state index in [2.05, 4.69) is 5.32 Å². The van der Waals surface area contributed by atoms with E-state index < -0.39 is 5.97 Å². The summed E-state index contributed by atoms with van der Waals surface area (Å²) in [5, 5.41) is 12.1. The van der Waals surface area contributed by atoms with Crippen molar-refractivity contribution in [2.75, 3.05) is 5.32 Å². The fourth-order valence-electron chi connectivity index (χ4n) is 3.42. The Morgan fingerprint density at radius 2 is 1.70 bits per heavy atom. The number of aliphatic carboxylic acids is 1. The molecular formula is C22H25NO4. The van der Waals surface area contributed by atoms with Gasteiger partial charge in [-0.1, -0.05) is 36.4 Å². The molecule has 2 aromatic rings. The number of ether oxygens (including phenoxy) is 1. The van der Waals surface area contributed by atoms with Crippen LogP contribution in [0.3, 0.4) is 0 Å². The van der Waals surface area contributed by atoms with Crippen LogP contribution in [-0.4, -0.2) is 17.0 Å². The van der Waals surface area contributed by atoms with Crippen LogP contribution in [0.25, 0.3) is 0 Å². The number of benzene rings is 2. The van der Waals surface area contributed by atoms with Crippen molar-refractivity contribution in [3.63, 3.8) is 0 Å². The van der Waals surface area contributed by atoms with Crippen LogP contribution in [0.1, 0.15) is 36.8 Å². The molecule has 2 N–H and O–H groups in total. The van der Waals surface area contributed by atoms with E-state index in [-0.39, 0.29) is 17.7 Å². The molecule has 0 unspecified atom stereocenters. The first-order valence-electron chi connectivity index (χ1n) is 9.34. The summed E-state index contributed by atoms with van der Waals surface area (Å²) in [6.45, 7) is 2.41. The molecule has 1 fully saturated rings. The zero-order valence-corrected chi connectivity index (χ0v) is 15.5. The molecule has 142 valence electrons. The monoisotopic (exact) mass is 367 g/mol. The minimum atomic E-state index is -0.760. The second kappa shape index (κ2) is 8.71. The molecule has 3 rings (SSSR count). The van der Waals surface area contributed by atoms with Gasteiger partial charge in [0.2, 0.25) is 5.91 Å². The van der Waals surface area contributed by atoms with Gasteiger partial charge in [-0.25, -0.2) is 0 Å². The van der Waals surface area contributed by atoms with Crippen molar-refractivity contribution in [2.24, 2.45) is 11.8 Å². The molecule has 0 aromatic heterocycles. The van der Waals surface area contributed by atoms with Crippen molar-refractivity contribution in [1.29, 1.82) is 0 Å². The Bertz CT molecular complexity index is 795. The summed E-state index contributed by atoms with van der Waals surface area (Å²) in [5.74, 6) is -0.648. The average molecular weight is 367 g/mol. The number of carboxylic acids is 1. The number of carboxylic acid groups (broad SMARTS) is 1. The zero-order valence-electron chi connectivity index (χ0n) is 15.5. The van der Waals surface area contributed by atoms with Gasteiger partial charge >= 0.3 is 5.97 Å². The Labute approximate surface area is 159 Å². The van der Waals surface area contributed by atoms with Crippen LogP contribution in [0.15, 0.2) is 48.5 Å². The van der Waals surface area contributed by atoms with Gasteiger partial charge in [0, 0.05) is 5.92 Å². The Morgan fingerprint density at radius 1 is 1.04 bits per heavy atom. The molecule has 1 amide bonds. The predicted molar refractivity (Wildman–Crippen MR) is 104 cm³/mol. The normalized spacial score (nSPS) is 19.3. The molecule has 0 radical (unpaired) electrons. The van der Waals surface area contributed by atoms with Gasteiger partial charge in [0.25, 0.3) is 0 Å². The fraction of sp³-hybridized carbons (Fsp3) is 0.364. The lowest BCUT2D eigenvalue weighted by Gasteiger charge is -2.25. The van der Waals surface area contributed by atoms with Crippen molar-refractivity contribution in [1.82, 2.24) is 0 Å². The highest BCUT2D eigenvalue weighted by atomic mass is 16.5. The van der Waals surface area contributed by atoms with E-state index in [1.165, 1.54) is 0 Å². The highest BCUT2D eigenvalue weighted by molar-refractivity contribution is 5.94. The molecular weight excluding hydrogens is 342 g/mol. The lowest BCUT2D eigenvalue weighted by molar-refractivity contribution is -0.143. The number of anilines is 1. The second-order valence-corrected chi connectivity index (χ2v) is 7.15. The lowest BCUT2D eigenvalue weighted by Crippen LogP contribution is -2.29. The van der Waals surface area contributed by atoms with E-state index in [0.717, 1.165) is 11.1 Å². The molecule has 5 nitrogen and oxygen atoms in total. The maximum absolute atomic E-state index is 12.6. The van der Waals surface area contributed by atoms with E-state index in [1.54, 1.807) is 0 Å². The summed E-state index contributed by atoms with van der Waals surface area (Å²) in [6, 6.07) is 15.6. The van der Waals surface area contributed by atoms with Crippen LogP contribution in [0, 0.1) is 18.8 Å². The molecule has 0 spiro atoms. The largest absolute Gasteiger partial charge is 0.487 e. The Morgan fingerprint density at radius 3 is 2.37 bits per heavy atom. The molecule has 0 atom stereocenters. The number of carbonyl (C=O) groups is 2. The van der Waals surface area contributed by atoms with Gasteiger partial charge in [-0.05, 0) is 55.9 Å². The molecule has 1 aliphatic rings. The summed E-state index contributed by atoms with van der Waals surface area (Å²) in [4.78, 5) is 23.7. The van der Waals surface area contributed by atoms with Gasteiger partial charge < -0.3 is 15.2 Å². The third-order valence-corrected chi connectivity index (χ3v) is 5.08. The maximum Gasteiger partial charge on any atom is 0.306 e. The van der Waals surface area contributed by atoms with Gasteiger partial charge in [0.1, 0.15) is 12.4 Å². The first-order valence-corrected chi connectivity index (χ1v) is 9.34. The molecule has 0 aliphatic heterocycles. The summed E-state index contributed by atoms with van der Waals surface area (Å²) in [6.07, 6.45) is 2.32. The smallest absolute Gasteiger partial charge is 0.306 e. The highest BCUT2D eigenvalue weighted by Crippen LogP contribution is 2.32. The molecule has 27 heavy (non-hydrogen) atoms. The van der Waals surface area contributed by atoms with Crippen LogP contribution in [0.5, 0.6) is 5.75 Å². The molecule has 1 aliphatic carbocycles. The molecule has 0 saturated heterocycles. The van der Waals surface area contributed by atoms with Gasteiger partial charge in [0.15, 0.2) is 0 Å². The summed E-state index contributed by atoms with van der Waals surface area (Å²) < 4.78 is 5.95. The van der Waals surface area contributed by atoms with Gasteiger partial charge in [-0.2, -0.15) is 0 Å². The number of aryl methyl sites for hydroxylation is 1. The third kappa shape index (κ3) is 5.09. The van der Waals surface area contributed by atoms with Crippen LogP contribution in [0.2, 0.25) is 0 Å². The molecule has 5 heteroatoms. The van der Waals surface area contributed by atoms with Crippen molar-refractivity contribution in [3.05, 3.63) is 59.7 Å². The Kier molecular flexibility index (Phi) is 6.12. The highest BCUT2D eigenvalue weighted by Gasteiger charge is 2.30. The van der Waals surface area contributed by atoms with E-state index in [4.69, 9.17) is 9.84 Å². The maximum atomic E-state index is 12.6. The first kappa shape index (κ1) is 19.0. The number of hydrogen-bond donors (Lipinski definition) is 2. The summed E-state index contributed by atoms with van der Waals surface area (Å²) in [5.41, 5.74) is 2.77. The topological polar surface area (TPSA) is 75.6 Å². The summed E-state index contributed by atoms with van der Waals surface area (Å²) in [7, 11) is 0. The van der Waals surface area contributed by atoms with E-state index in [9.17, 15) is 9.59 Å². The van der Waals surface area contributed by atoms with Crippen LogP contribution >= 0.6 is 0 Å². The van der Waals surface area contributed by atoms with Crippen molar-refractivity contribution < 1.29 is 19.4 Å². The summed E-state index contributed by atoms with van der Waals surface area (Å²) >= 11 is 0. The molecule has 0 bridgehead atoms. The van der Waals surface area contributed by atoms with Crippen LogP contribution < -0.4 is 10.1 Å². The van der Waals surface area contributed by atoms with Gasteiger partial charge in [-0.15, -0.1) is 0 Å². The van der Waals surface area contributed by atoms with E-state index >= 15 is 0 Å². The molecule has 1 saturated carbocycles. The first-order chi connectivity index (χ1) is 13.0. The van der Waals surface area contributed by atoms with Crippen LogP contribution in [0.4, 0.5) is 5.69 Å². The van der Waals surface area contributed by atoms with Crippen molar-refractivity contribution in [2.45, 2.75) is 39.2 Å². The second-order valence-electron chi connectivity index (χ2n) is 7.15. The molecule has 0 heterocycles. The van der Waals surface area contributed by atoms with Crippen LogP contribution in [-0.2, 0) is 16.2 Å². The van der Waals surface area contributed by atoms with E-state index in [0.29, 0.717) is 43.7 Å². The van der Waals surface area contributed by atoms with Crippen molar-refractivity contribution >= 4 is 17.6 Å². The number of nitrogens with one attached hydrogen (secondary N) is 1. The number of amides is 1. The minimum absolute atomic E-state index is 0.0627. The molecule has 2 aromatic carbocycles. The number of hydrogen-bond acceptors (Lipinski definition) is 3. The Balaban J connectivity index is 1.64. The third-order valence-electron chi connectivity index (χ3n) is 5.08. The zero-order chi connectivity index (χ0) is 19.2. The SMILES string of the molecule is Cc1ccc(NC(=O)C2CCC(C(=O)O)CC2)c(OCc2ccccc2)c1. The van der Waals surface area contributed by atoms with Crippen molar-refractivity contribution in [3.8, 4) is 5.75 Å². The lowest BCUT2D eigenvalue weighted by atomic mass is 9.81. The number of rotatable bonds is 6. The fourth-order valence-corrected chi connectivity index (χ4v) is 3.42. The van der Waals surface area contributed by atoms with Gasteiger partial charge in [0.05, 0.1) is 11.6 Å².